The van der Waals surface area contributed by atoms with Gasteiger partial charge in [0.05, 0.1) is 27.5 Å². The van der Waals surface area contributed by atoms with Gasteiger partial charge >= 0.3 is 11.9 Å². The predicted octanol–water partition coefficient (Wildman–Crippen LogP) is 3.67. The maximum Gasteiger partial charge on any atom is 0.433 e. The zero-order valence-electron chi connectivity index (χ0n) is 20.2. The number of hydrogen-bond acceptors (Lipinski definition) is 7. The molecular formula is C23H17F5N4O4. The van der Waals surface area contributed by atoms with Crippen molar-refractivity contribution in [3.8, 4) is 17.4 Å². The molecule has 0 amide bonds. The van der Waals surface area contributed by atoms with Crippen molar-refractivity contribution in [3.05, 3.63) is 69.9 Å². The number of fused-ring (bicyclic) bond motifs is 3. The van der Waals surface area contributed by atoms with Crippen LogP contribution in [0.1, 0.15) is 20.4 Å². The summed E-state index contributed by atoms with van der Waals surface area (Å²) in [5.74, 6) is -3.67. The van der Waals surface area contributed by atoms with E-state index in [0.29, 0.717) is 19.0 Å². The number of halogens is 5. The van der Waals surface area contributed by atoms with E-state index in [0.717, 1.165) is 29.0 Å². The van der Waals surface area contributed by atoms with Gasteiger partial charge in [0.15, 0.2) is 17.4 Å². The predicted molar refractivity (Wildman–Crippen MR) is 113 cm³/mol. The summed E-state index contributed by atoms with van der Waals surface area (Å²) in [6.45, 7) is -1.97. The third-order valence-electron chi connectivity index (χ3n) is 6.19. The summed E-state index contributed by atoms with van der Waals surface area (Å²) >= 11 is 0. The number of anilines is 1. The van der Waals surface area contributed by atoms with Crippen molar-refractivity contribution in [3.63, 3.8) is 0 Å². The second-order valence-corrected chi connectivity index (χ2v) is 8.62. The SMILES string of the molecule is [2H]C1([2H])n2c(cc(OCc3cc(F)c(Oc4ccnc(C(F)(F)F)c4)c(F)c3)nc2=O)N2C[C@@H]3C[C@@]21CO3. The molecule has 188 valence electrons. The van der Waals surface area contributed by atoms with E-state index < -0.39 is 59.3 Å². The molecule has 1 aromatic carbocycles. The molecule has 13 heteroatoms. The van der Waals surface area contributed by atoms with E-state index in [9.17, 15) is 26.7 Å². The van der Waals surface area contributed by atoms with Crippen LogP contribution in [0.5, 0.6) is 17.4 Å². The first-order valence-electron chi connectivity index (χ1n) is 11.7. The molecule has 0 unspecified atom stereocenters. The van der Waals surface area contributed by atoms with Crippen molar-refractivity contribution in [2.24, 2.45) is 0 Å². The molecule has 1 spiro atoms. The fraction of sp³-hybridized carbons (Fsp3) is 0.348. The third-order valence-corrected chi connectivity index (χ3v) is 6.19. The lowest BCUT2D eigenvalue weighted by molar-refractivity contribution is -0.141. The Hall–Kier alpha value is -3.74. The van der Waals surface area contributed by atoms with Crippen molar-refractivity contribution in [2.45, 2.75) is 37.3 Å². The van der Waals surface area contributed by atoms with Gasteiger partial charge < -0.3 is 19.1 Å². The summed E-state index contributed by atoms with van der Waals surface area (Å²) in [7, 11) is 0. The molecule has 3 aliphatic heterocycles. The minimum absolute atomic E-state index is 0.0131. The zero-order chi connectivity index (χ0) is 27.0. The van der Waals surface area contributed by atoms with E-state index in [4.69, 9.17) is 17.0 Å². The molecule has 8 nitrogen and oxygen atoms in total. The molecule has 2 fully saturated rings. The monoisotopic (exact) mass is 510 g/mol. The molecule has 2 atom stereocenters. The Morgan fingerprint density at radius 2 is 2.00 bits per heavy atom. The highest BCUT2D eigenvalue weighted by Gasteiger charge is 2.56. The summed E-state index contributed by atoms with van der Waals surface area (Å²) < 4.78 is 102. The molecule has 0 N–H and O–H groups in total. The van der Waals surface area contributed by atoms with Crippen molar-refractivity contribution in [1.29, 1.82) is 0 Å². The number of alkyl halides is 3. The normalized spacial score (nSPS) is 24.2. The quantitative estimate of drug-likeness (QED) is 0.485. The number of hydrogen-bond donors (Lipinski definition) is 0. The maximum absolute atomic E-state index is 14.6. The zero-order valence-corrected chi connectivity index (χ0v) is 18.2. The van der Waals surface area contributed by atoms with E-state index in [-0.39, 0.29) is 30.0 Å². The van der Waals surface area contributed by atoms with E-state index in [1.54, 1.807) is 4.90 Å². The standard InChI is InChI=1S/C23H17F5N4O4/c24-15-3-12(4-16(25)20(15)36-13-1-2-29-17(5-13)23(26,27)28)9-34-18-6-19-31(21(33)30-18)10-22-7-14(35-11-22)8-32(19)22/h1-6,14H,7-11H2/t14-,22+/m0/s1/i10D2. The fourth-order valence-corrected chi connectivity index (χ4v) is 4.62. The lowest BCUT2D eigenvalue weighted by Crippen LogP contribution is -2.46. The number of rotatable bonds is 5. The van der Waals surface area contributed by atoms with Gasteiger partial charge in [-0.05, 0) is 23.8 Å². The van der Waals surface area contributed by atoms with Gasteiger partial charge in [0, 0.05) is 31.3 Å². The van der Waals surface area contributed by atoms with Crippen LogP contribution in [-0.4, -0.2) is 39.3 Å². The first-order valence-corrected chi connectivity index (χ1v) is 10.7. The first kappa shape index (κ1) is 20.5. The van der Waals surface area contributed by atoms with E-state index in [1.807, 2.05) is 0 Å². The topological polar surface area (TPSA) is 78.7 Å². The largest absolute Gasteiger partial charge is 0.473 e. The van der Waals surface area contributed by atoms with E-state index in [2.05, 4.69) is 9.97 Å². The van der Waals surface area contributed by atoms with Crippen molar-refractivity contribution in [2.75, 3.05) is 18.1 Å². The average molecular weight is 510 g/mol. The summed E-state index contributed by atoms with van der Waals surface area (Å²) in [6, 6.07) is 4.66. The first-order chi connectivity index (χ1) is 17.9. The smallest absolute Gasteiger partial charge is 0.433 e. The molecule has 2 aromatic heterocycles. The maximum atomic E-state index is 14.6. The molecule has 3 aromatic rings. The van der Waals surface area contributed by atoms with Gasteiger partial charge in [-0.25, -0.2) is 13.6 Å². The molecular weight excluding hydrogens is 491 g/mol. The van der Waals surface area contributed by atoms with Crippen LogP contribution < -0.4 is 20.1 Å². The third kappa shape index (κ3) is 3.74. The molecule has 0 radical (unpaired) electrons. The summed E-state index contributed by atoms with van der Waals surface area (Å²) in [5, 5.41) is 0. The number of nitrogens with zero attached hydrogens (tertiary/aromatic N) is 4. The number of ether oxygens (including phenoxy) is 3. The molecule has 6 rings (SSSR count). The Morgan fingerprint density at radius 1 is 1.22 bits per heavy atom. The van der Waals surface area contributed by atoms with Crippen LogP contribution in [0.15, 0.2) is 41.3 Å². The number of benzene rings is 1. The summed E-state index contributed by atoms with van der Waals surface area (Å²) in [5.41, 5.74) is -3.21. The fourth-order valence-electron chi connectivity index (χ4n) is 4.62. The van der Waals surface area contributed by atoms with Gasteiger partial charge in [-0.15, -0.1) is 0 Å². The summed E-state index contributed by atoms with van der Waals surface area (Å²) in [6.07, 6.45) is -3.71. The van der Waals surface area contributed by atoms with Crippen LogP contribution in [0, 0.1) is 11.6 Å². The highest BCUT2D eigenvalue weighted by Crippen LogP contribution is 2.46. The number of aromatic nitrogens is 3. The van der Waals surface area contributed by atoms with Gasteiger partial charge in [0.25, 0.3) is 0 Å². The molecule has 3 aliphatic rings. The van der Waals surface area contributed by atoms with Gasteiger partial charge in [0.2, 0.25) is 5.88 Å². The van der Waals surface area contributed by atoms with Gasteiger partial charge in [-0.2, -0.15) is 18.2 Å². The van der Waals surface area contributed by atoms with Crippen molar-refractivity contribution >= 4 is 5.82 Å². The second-order valence-electron chi connectivity index (χ2n) is 8.62. The highest BCUT2D eigenvalue weighted by molar-refractivity contribution is 5.52. The van der Waals surface area contributed by atoms with Crippen molar-refractivity contribution < 1.29 is 38.9 Å². The van der Waals surface area contributed by atoms with E-state index in [1.165, 1.54) is 6.07 Å². The number of pyridine rings is 1. The lowest BCUT2D eigenvalue weighted by atomic mass is 10.0. The minimum Gasteiger partial charge on any atom is -0.473 e. The molecule has 5 heterocycles. The van der Waals surface area contributed by atoms with Crippen LogP contribution >= 0.6 is 0 Å². The van der Waals surface area contributed by atoms with Gasteiger partial charge in [-0.3, -0.25) is 9.55 Å². The molecule has 2 saturated heterocycles. The molecule has 36 heavy (non-hydrogen) atoms. The Kier molecular flexibility index (Phi) is 4.48. The number of morpholine rings is 1. The van der Waals surface area contributed by atoms with Crippen LogP contribution in [0.4, 0.5) is 27.8 Å². The second kappa shape index (κ2) is 7.88. The van der Waals surface area contributed by atoms with E-state index >= 15 is 0 Å². The Morgan fingerprint density at radius 3 is 2.72 bits per heavy atom. The molecule has 2 bridgehead atoms. The average Bonchev–Trinajstić information content (AvgIpc) is 3.49. The Labute approximate surface area is 202 Å². The lowest BCUT2D eigenvalue weighted by Gasteiger charge is -2.32. The van der Waals surface area contributed by atoms with Gasteiger partial charge in [-0.1, -0.05) is 0 Å². The molecule has 0 saturated carbocycles. The van der Waals surface area contributed by atoms with Crippen LogP contribution in [0.3, 0.4) is 0 Å². The van der Waals surface area contributed by atoms with Gasteiger partial charge in [0.1, 0.15) is 23.9 Å². The van der Waals surface area contributed by atoms with Crippen LogP contribution in [0.25, 0.3) is 0 Å². The minimum atomic E-state index is -4.77. The van der Waals surface area contributed by atoms with Crippen LogP contribution in [0.2, 0.25) is 0 Å². The summed E-state index contributed by atoms with van der Waals surface area (Å²) in [4.78, 5) is 21.4. The highest BCUT2D eigenvalue weighted by atomic mass is 19.4. The van der Waals surface area contributed by atoms with Crippen molar-refractivity contribution in [1.82, 2.24) is 14.5 Å². The Bertz CT molecular complexity index is 1490. The molecule has 0 aliphatic carbocycles. The Balaban J connectivity index is 1.22. The van der Waals surface area contributed by atoms with Crippen LogP contribution in [-0.2, 0) is 24.0 Å².